The van der Waals surface area contributed by atoms with E-state index < -0.39 is 47.9 Å². The van der Waals surface area contributed by atoms with Crippen molar-refractivity contribution in [3.05, 3.63) is 0 Å². The van der Waals surface area contributed by atoms with Gasteiger partial charge >= 0.3 is 21.1 Å². The number of hydrogen-bond acceptors (Lipinski definition) is 8. The molecule has 0 rings (SSSR count). The monoisotopic (exact) mass is 453 g/mol. The van der Waals surface area contributed by atoms with Gasteiger partial charge in [-0.15, -0.1) is 0 Å². The molecular weight excluding hydrogens is 443 g/mol. The SMILES string of the molecule is CC(=O)CC(=O)C(=O)[O-].CC(=O)CC(=O)C(=O)[O-].[Pt+2]. The first kappa shape index (κ1) is 22.5. The van der Waals surface area contributed by atoms with Gasteiger partial charge < -0.3 is 19.8 Å². The minimum atomic E-state index is -1.80. The van der Waals surface area contributed by atoms with Gasteiger partial charge in [0.2, 0.25) is 0 Å². The number of carboxylic acids is 2. The van der Waals surface area contributed by atoms with Crippen molar-refractivity contribution in [1.82, 2.24) is 0 Å². The molecule has 0 saturated heterocycles. The van der Waals surface area contributed by atoms with Crippen molar-refractivity contribution in [1.29, 1.82) is 0 Å². The number of Topliss-reactive ketones (excluding diaryl/α,β-unsaturated/α-hetero) is 4. The van der Waals surface area contributed by atoms with E-state index in [1.165, 1.54) is 0 Å². The van der Waals surface area contributed by atoms with Crippen LogP contribution in [0.1, 0.15) is 26.7 Å². The molecule has 0 N–H and O–H groups in total. The zero-order chi connectivity index (χ0) is 14.9. The fourth-order valence-electron chi connectivity index (χ4n) is 0.597. The molecule has 0 aromatic heterocycles. The Morgan fingerprint density at radius 1 is 0.684 bits per heavy atom. The predicted octanol–water partition coefficient (Wildman–Crippen LogP) is -3.43. The van der Waals surface area contributed by atoms with Crippen molar-refractivity contribution < 1.29 is 60.0 Å². The molecule has 0 radical (unpaired) electrons. The molecular formula is C10H10O8Pt. The summed E-state index contributed by atoms with van der Waals surface area (Å²) >= 11 is 0. The molecule has 0 spiro atoms. The molecule has 0 fully saturated rings. The van der Waals surface area contributed by atoms with E-state index in [1.54, 1.807) is 0 Å². The van der Waals surface area contributed by atoms with Gasteiger partial charge in [-0.2, -0.15) is 0 Å². The molecule has 0 amide bonds. The molecule has 0 unspecified atom stereocenters. The number of hydrogen-bond donors (Lipinski definition) is 0. The van der Waals surface area contributed by atoms with Crippen molar-refractivity contribution in [2.75, 3.05) is 0 Å². The maximum atomic E-state index is 10.1. The molecule has 8 nitrogen and oxygen atoms in total. The standard InChI is InChI=1S/2C5H6O4.Pt/c2*1-3(6)2-4(7)5(8)9;/h2*2H2,1H3,(H,8,9);/q;;+2/p-2. The fourth-order valence-corrected chi connectivity index (χ4v) is 0.597. The Hall–Kier alpha value is -1.69. The molecule has 0 aliphatic rings. The minimum Gasteiger partial charge on any atom is -0.542 e. The van der Waals surface area contributed by atoms with Crippen LogP contribution in [0.4, 0.5) is 0 Å². The summed E-state index contributed by atoms with van der Waals surface area (Å²) in [6, 6.07) is 0. The van der Waals surface area contributed by atoms with Crippen LogP contribution in [0, 0.1) is 0 Å². The molecule has 0 saturated carbocycles. The van der Waals surface area contributed by atoms with Gasteiger partial charge in [-0.3, -0.25) is 19.2 Å². The summed E-state index contributed by atoms with van der Waals surface area (Å²) in [6.45, 7) is 2.28. The Labute approximate surface area is 122 Å². The van der Waals surface area contributed by atoms with Crippen molar-refractivity contribution in [2.45, 2.75) is 26.7 Å². The zero-order valence-corrected chi connectivity index (χ0v) is 12.3. The predicted molar refractivity (Wildman–Crippen MR) is 50.6 cm³/mol. The topological polar surface area (TPSA) is 149 Å². The molecule has 19 heavy (non-hydrogen) atoms. The summed E-state index contributed by atoms with van der Waals surface area (Å²) in [5, 5.41) is 19.2. The van der Waals surface area contributed by atoms with Gasteiger partial charge in [-0.05, 0) is 13.8 Å². The largest absolute Gasteiger partial charge is 2.00 e. The van der Waals surface area contributed by atoms with E-state index in [9.17, 15) is 39.0 Å². The molecule has 0 aromatic carbocycles. The van der Waals surface area contributed by atoms with Gasteiger partial charge in [0, 0.05) is 0 Å². The number of carbonyl (C=O) groups excluding carboxylic acids is 6. The van der Waals surface area contributed by atoms with E-state index in [-0.39, 0.29) is 21.1 Å². The summed E-state index contributed by atoms with van der Waals surface area (Å²) in [6.07, 6.45) is -1.13. The van der Waals surface area contributed by atoms with Crippen LogP contribution >= 0.6 is 0 Å². The fraction of sp³-hybridized carbons (Fsp3) is 0.400. The molecule has 108 valence electrons. The molecule has 0 heterocycles. The van der Waals surface area contributed by atoms with Crippen LogP contribution in [0.5, 0.6) is 0 Å². The van der Waals surface area contributed by atoms with Crippen LogP contribution in [-0.4, -0.2) is 35.1 Å². The van der Waals surface area contributed by atoms with E-state index in [2.05, 4.69) is 0 Å². The Kier molecular flexibility index (Phi) is 13.5. The van der Waals surface area contributed by atoms with Crippen LogP contribution in [0.15, 0.2) is 0 Å². The first-order valence-corrected chi connectivity index (χ1v) is 4.55. The molecule has 9 heteroatoms. The third-order valence-corrected chi connectivity index (χ3v) is 1.27. The third kappa shape index (κ3) is 16.3. The summed E-state index contributed by atoms with van der Waals surface area (Å²) in [5.74, 6) is -6.87. The van der Waals surface area contributed by atoms with E-state index in [4.69, 9.17) is 0 Å². The summed E-state index contributed by atoms with van der Waals surface area (Å²) in [5.41, 5.74) is 0. The van der Waals surface area contributed by atoms with Crippen LogP contribution in [-0.2, 0) is 49.8 Å². The van der Waals surface area contributed by atoms with E-state index in [0.29, 0.717) is 0 Å². The van der Waals surface area contributed by atoms with Crippen LogP contribution < -0.4 is 10.2 Å². The van der Waals surface area contributed by atoms with Crippen molar-refractivity contribution in [2.24, 2.45) is 0 Å². The first-order chi connectivity index (χ1) is 8.07. The summed E-state index contributed by atoms with van der Waals surface area (Å²) in [7, 11) is 0. The van der Waals surface area contributed by atoms with Gasteiger partial charge in [0.15, 0.2) is 11.6 Å². The number of ketones is 4. The molecule has 0 bridgehead atoms. The smallest absolute Gasteiger partial charge is 0.542 e. The first-order valence-electron chi connectivity index (χ1n) is 4.55. The second-order valence-electron chi connectivity index (χ2n) is 3.18. The van der Waals surface area contributed by atoms with Gasteiger partial charge in [0.1, 0.15) is 23.5 Å². The average Bonchev–Trinajstić information content (AvgIpc) is 2.16. The van der Waals surface area contributed by atoms with Crippen molar-refractivity contribution >= 4 is 35.1 Å². The van der Waals surface area contributed by atoms with E-state index in [0.717, 1.165) is 13.8 Å². The third-order valence-electron chi connectivity index (χ3n) is 1.27. The molecule has 0 aliphatic heterocycles. The van der Waals surface area contributed by atoms with Gasteiger partial charge in [-0.1, -0.05) is 0 Å². The Balaban J connectivity index is -0.000000256. The quantitative estimate of drug-likeness (QED) is 0.298. The zero-order valence-electron chi connectivity index (χ0n) is 10.00. The van der Waals surface area contributed by atoms with Gasteiger partial charge in [-0.25, -0.2) is 0 Å². The second-order valence-corrected chi connectivity index (χ2v) is 3.18. The van der Waals surface area contributed by atoms with Crippen LogP contribution in [0.25, 0.3) is 0 Å². The van der Waals surface area contributed by atoms with E-state index in [1.807, 2.05) is 0 Å². The number of carbonyl (C=O) groups is 6. The van der Waals surface area contributed by atoms with Crippen LogP contribution in [0.2, 0.25) is 0 Å². The maximum absolute atomic E-state index is 10.1. The average molecular weight is 453 g/mol. The van der Waals surface area contributed by atoms with Crippen molar-refractivity contribution in [3.63, 3.8) is 0 Å². The number of rotatable bonds is 6. The van der Waals surface area contributed by atoms with Gasteiger partial charge in [0.05, 0.1) is 12.8 Å². The summed E-state index contributed by atoms with van der Waals surface area (Å²) in [4.78, 5) is 59.5. The molecule has 0 aliphatic carbocycles. The Morgan fingerprint density at radius 2 is 0.895 bits per heavy atom. The van der Waals surface area contributed by atoms with Crippen molar-refractivity contribution in [3.8, 4) is 0 Å². The summed E-state index contributed by atoms with van der Waals surface area (Å²) < 4.78 is 0. The Morgan fingerprint density at radius 3 is 0.947 bits per heavy atom. The van der Waals surface area contributed by atoms with Gasteiger partial charge in [0.25, 0.3) is 0 Å². The molecule has 0 aromatic rings. The minimum absolute atomic E-state index is 0. The normalized spacial score (nSPS) is 8.11. The van der Waals surface area contributed by atoms with E-state index >= 15 is 0 Å². The van der Waals surface area contributed by atoms with Crippen LogP contribution in [0.3, 0.4) is 0 Å². The second kappa shape index (κ2) is 11.4. The Bertz CT molecular complexity index is 360. The maximum Gasteiger partial charge on any atom is 2.00 e. The number of carboxylic acid groups (broad SMARTS) is 2. The molecule has 0 atom stereocenters. The number of aliphatic carboxylic acids is 2.